The third kappa shape index (κ3) is 11.5. The molecule has 2 atom stereocenters. The lowest BCUT2D eigenvalue weighted by Crippen LogP contribution is -2.38. The molecule has 0 amide bonds. The molecule has 0 saturated carbocycles. The average molecular weight is 269 g/mol. The molecule has 0 heterocycles. The van der Waals surface area contributed by atoms with Crippen LogP contribution < -0.4 is 16.2 Å². The van der Waals surface area contributed by atoms with E-state index in [4.69, 9.17) is 9.05 Å². The van der Waals surface area contributed by atoms with Crippen molar-refractivity contribution in [3.63, 3.8) is 0 Å². The molecule has 2 unspecified atom stereocenters. The van der Waals surface area contributed by atoms with Gasteiger partial charge in [0.15, 0.2) is 20.1 Å². The molecule has 0 aliphatic rings. The molecule has 92 valence electrons. The molecule has 0 radical (unpaired) electrons. The molecule has 3 N–H and O–H groups in total. The summed E-state index contributed by atoms with van der Waals surface area (Å²) in [5, 5.41) is 2.74. The van der Waals surface area contributed by atoms with Gasteiger partial charge in [0.05, 0.1) is 0 Å². The zero-order valence-electron chi connectivity index (χ0n) is 9.36. The minimum Gasteiger partial charge on any atom is -0.345 e. The summed E-state index contributed by atoms with van der Waals surface area (Å²) in [6.07, 6.45) is 0. The molecular formula is C7H17N3O4P2+2. The Balaban J connectivity index is 3.30. The van der Waals surface area contributed by atoms with Gasteiger partial charge in [-0.05, 0) is 9.13 Å². The fraction of sp³-hybridized carbons (Fsp3) is 0.714. The zero-order chi connectivity index (χ0) is 12.4. The number of nitrogens with one attached hydrogen (secondary N) is 3. The normalized spacial score (nSPS) is 11.9. The van der Waals surface area contributed by atoms with Crippen LogP contribution in [0, 0.1) is 0 Å². The molecule has 0 fully saturated rings. The number of hydrogen-bond acceptors (Lipinski definition) is 7. The largest absolute Gasteiger partial charge is 0.506 e. The minimum atomic E-state index is -1.61. The van der Waals surface area contributed by atoms with E-state index >= 15 is 0 Å². The second-order valence-corrected chi connectivity index (χ2v) is 4.97. The summed E-state index contributed by atoms with van der Waals surface area (Å²) in [7, 11) is -3.17. The van der Waals surface area contributed by atoms with Crippen molar-refractivity contribution in [2.45, 2.75) is 0 Å². The summed E-state index contributed by atoms with van der Waals surface area (Å²) in [6, 6.07) is 0. The Morgan fingerprint density at radius 2 is 1.88 bits per heavy atom. The third-order valence-electron chi connectivity index (χ3n) is 1.27. The molecular weight excluding hydrogens is 252 g/mol. The van der Waals surface area contributed by atoms with Crippen LogP contribution in [0.1, 0.15) is 0 Å². The summed E-state index contributed by atoms with van der Waals surface area (Å²) in [5.41, 5.74) is 5.51. The van der Waals surface area contributed by atoms with E-state index < -0.39 is 16.1 Å². The summed E-state index contributed by atoms with van der Waals surface area (Å²) in [4.78, 5) is 0. The highest BCUT2D eigenvalue weighted by Crippen LogP contribution is 2.13. The summed E-state index contributed by atoms with van der Waals surface area (Å²) in [6.45, 7) is 7.53. The van der Waals surface area contributed by atoms with E-state index in [2.05, 4.69) is 22.7 Å². The van der Waals surface area contributed by atoms with Crippen molar-refractivity contribution in [1.82, 2.24) is 16.2 Å². The van der Waals surface area contributed by atoms with Crippen LogP contribution >= 0.6 is 16.1 Å². The summed E-state index contributed by atoms with van der Waals surface area (Å²) in [5.74, 6) is 0.484. The van der Waals surface area contributed by atoms with Crippen LogP contribution in [0.4, 0.5) is 0 Å². The van der Waals surface area contributed by atoms with Crippen molar-refractivity contribution in [2.75, 3.05) is 33.2 Å². The van der Waals surface area contributed by atoms with Crippen LogP contribution in [0.2, 0.25) is 0 Å². The van der Waals surface area contributed by atoms with Gasteiger partial charge in [-0.1, -0.05) is 6.58 Å². The molecule has 0 aliphatic carbocycles. The van der Waals surface area contributed by atoms with Crippen molar-refractivity contribution >= 4 is 16.1 Å². The number of hydrogen-bond donors (Lipinski definition) is 3. The number of rotatable bonds is 10. The predicted octanol–water partition coefficient (Wildman–Crippen LogP) is 0.876. The van der Waals surface area contributed by atoms with Gasteiger partial charge in [-0.3, -0.25) is 0 Å². The second-order valence-electron chi connectivity index (χ2n) is 2.69. The monoisotopic (exact) mass is 269 g/mol. The molecule has 0 bridgehead atoms. The van der Waals surface area contributed by atoms with Crippen LogP contribution in [0.5, 0.6) is 0 Å². The quantitative estimate of drug-likeness (QED) is 0.235. The van der Waals surface area contributed by atoms with Crippen molar-refractivity contribution in [1.29, 1.82) is 0 Å². The third-order valence-corrected chi connectivity index (χ3v) is 2.31. The van der Waals surface area contributed by atoms with Crippen LogP contribution in [0.3, 0.4) is 0 Å². The Morgan fingerprint density at radius 1 is 1.25 bits per heavy atom. The highest BCUT2D eigenvalue weighted by molar-refractivity contribution is 7.38. The van der Waals surface area contributed by atoms with Gasteiger partial charge < -0.3 is 10.7 Å². The van der Waals surface area contributed by atoms with E-state index in [9.17, 15) is 9.13 Å². The fourth-order valence-corrected chi connectivity index (χ4v) is 1.24. The Hall–Kier alpha value is -0.580. The zero-order valence-corrected chi connectivity index (χ0v) is 11.1. The van der Waals surface area contributed by atoms with Crippen LogP contribution in [0.15, 0.2) is 12.4 Å². The molecule has 0 aromatic heterocycles. The second kappa shape index (κ2) is 9.63. The predicted molar refractivity (Wildman–Crippen MR) is 62.4 cm³/mol. The molecule has 7 nitrogen and oxygen atoms in total. The van der Waals surface area contributed by atoms with E-state index in [1.807, 2.05) is 0 Å². The van der Waals surface area contributed by atoms with E-state index in [0.29, 0.717) is 19.0 Å². The first kappa shape index (κ1) is 15.4. The van der Waals surface area contributed by atoms with Gasteiger partial charge in [0, 0.05) is 6.54 Å². The molecule has 0 rings (SSSR count). The van der Waals surface area contributed by atoms with Crippen LogP contribution in [0.25, 0.3) is 0 Å². The Kier molecular flexibility index (Phi) is 9.28. The molecule has 0 aliphatic heterocycles. The Labute approximate surface area is 96.7 Å². The van der Waals surface area contributed by atoms with Crippen molar-refractivity contribution in [3.05, 3.63) is 12.4 Å². The van der Waals surface area contributed by atoms with Gasteiger partial charge >= 0.3 is 16.1 Å². The Morgan fingerprint density at radius 3 is 2.44 bits per heavy atom. The molecule has 0 saturated heterocycles. The minimum absolute atomic E-state index is 0.122. The van der Waals surface area contributed by atoms with Gasteiger partial charge in [0.1, 0.15) is 12.4 Å². The van der Waals surface area contributed by atoms with Crippen LogP contribution in [-0.4, -0.2) is 33.2 Å². The van der Waals surface area contributed by atoms with Gasteiger partial charge in [0.25, 0.3) is 0 Å². The van der Waals surface area contributed by atoms with Gasteiger partial charge in [-0.15, -0.1) is 9.05 Å². The fourth-order valence-electron chi connectivity index (χ4n) is 0.649. The Bertz CT molecular complexity index is 262. The first-order valence-corrected chi connectivity index (χ1v) is 7.76. The molecule has 9 heteroatoms. The van der Waals surface area contributed by atoms with Crippen molar-refractivity contribution in [3.8, 4) is 0 Å². The lowest BCUT2D eigenvalue weighted by atomic mass is 10.7. The van der Waals surface area contributed by atoms with Gasteiger partial charge in [0.2, 0.25) is 0 Å². The van der Waals surface area contributed by atoms with Gasteiger partial charge in [-0.2, -0.15) is 0 Å². The first-order valence-electron chi connectivity index (χ1n) is 4.51. The van der Waals surface area contributed by atoms with E-state index in [1.165, 1.54) is 13.3 Å². The van der Waals surface area contributed by atoms with Crippen molar-refractivity contribution < 1.29 is 18.2 Å². The first-order chi connectivity index (χ1) is 7.52. The SMILES string of the molecule is C=C(NCO[P+](C)=O)NNCCO[P+](C)=O. The average Bonchev–Trinajstić information content (AvgIpc) is 2.16. The van der Waals surface area contributed by atoms with Crippen LogP contribution in [-0.2, 0) is 18.2 Å². The lowest BCUT2D eigenvalue weighted by Gasteiger charge is -2.09. The number of hydrazine groups is 1. The summed E-state index contributed by atoms with van der Waals surface area (Å²) < 4.78 is 30.7. The van der Waals surface area contributed by atoms with Gasteiger partial charge in [-0.25, -0.2) is 5.43 Å². The molecule has 0 aromatic rings. The van der Waals surface area contributed by atoms with E-state index in [-0.39, 0.29) is 6.73 Å². The highest BCUT2D eigenvalue weighted by Gasteiger charge is 2.06. The maximum absolute atomic E-state index is 10.6. The maximum atomic E-state index is 10.6. The topological polar surface area (TPSA) is 88.7 Å². The van der Waals surface area contributed by atoms with E-state index in [1.54, 1.807) is 0 Å². The highest BCUT2D eigenvalue weighted by atomic mass is 31.1. The summed E-state index contributed by atoms with van der Waals surface area (Å²) >= 11 is 0. The lowest BCUT2D eigenvalue weighted by molar-refractivity contribution is 0.299. The standard InChI is InChI=1S/C7H17N3O4P2/c1-7(8-6-14-16(3)12)10-9-4-5-13-15(2)11/h8-10H,1,4-6H2,2-3H3/q+2. The van der Waals surface area contributed by atoms with Crippen molar-refractivity contribution in [2.24, 2.45) is 0 Å². The maximum Gasteiger partial charge on any atom is 0.506 e. The van der Waals surface area contributed by atoms with E-state index in [0.717, 1.165) is 0 Å². The molecule has 16 heavy (non-hydrogen) atoms. The molecule has 0 spiro atoms. The smallest absolute Gasteiger partial charge is 0.345 e. The molecule has 0 aromatic carbocycles.